The third kappa shape index (κ3) is 3.38. The number of hydrogen-bond donors (Lipinski definition) is 2. The monoisotopic (exact) mass is 338 g/mol. The van der Waals surface area contributed by atoms with Crippen molar-refractivity contribution in [2.45, 2.75) is 44.9 Å². The van der Waals surface area contributed by atoms with Crippen LogP contribution in [-0.4, -0.2) is 53.9 Å². The molecule has 3 atom stereocenters. The Labute approximate surface area is 141 Å². The standard InChI is InChI=1S/C17H23ClN2O3/c1-10-5-11(2)17(13(18)6-10)19-16(22)8-20-12(9-21)7-15-14(20)3-4-23-15/h5-6,12,14-15,21H,3-4,7-9H2,1-2H3,(H,19,22)/t12-,14-,15-/m1/s1. The smallest absolute Gasteiger partial charge is 0.238 e. The van der Waals surface area contributed by atoms with Crippen LogP contribution in [0.25, 0.3) is 0 Å². The molecule has 0 radical (unpaired) electrons. The molecule has 126 valence electrons. The van der Waals surface area contributed by atoms with E-state index in [4.69, 9.17) is 16.3 Å². The van der Waals surface area contributed by atoms with E-state index in [1.165, 1.54) is 0 Å². The molecule has 1 amide bonds. The molecule has 1 aromatic carbocycles. The van der Waals surface area contributed by atoms with Gasteiger partial charge in [0.25, 0.3) is 0 Å². The number of aliphatic hydroxyl groups is 1. The topological polar surface area (TPSA) is 61.8 Å². The minimum atomic E-state index is -0.107. The van der Waals surface area contributed by atoms with Crippen LogP contribution in [0.4, 0.5) is 5.69 Å². The zero-order valence-corrected chi connectivity index (χ0v) is 14.3. The van der Waals surface area contributed by atoms with Crippen LogP contribution in [0, 0.1) is 13.8 Å². The Morgan fingerprint density at radius 2 is 2.26 bits per heavy atom. The van der Waals surface area contributed by atoms with E-state index >= 15 is 0 Å². The van der Waals surface area contributed by atoms with E-state index in [9.17, 15) is 9.90 Å². The zero-order chi connectivity index (χ0) is 16.6. The molecule has 23 heavy (non-hydrogen) atoms. The summed E-state index contributed by atoms with van der Waals surface area (Å²) in [6.07, 6.45) is 1.85. The van der Waals surface area contributed by atoms with E-state index in [2.05, 4.69) is 10.2 Å². The van der Waals surface area contributed by atoms with Gasteiger partial charge in [0.2, 0.25) is 5.91 Å². The SMILES string of the molecule is Cc1cc(C)c(NC(=O)CN2[C@@H](CO)C[C@H]3OCC[C@H]32)c(Cl)c1. The summed E-state index contributed by atoms with van der Waals surface area (Å²) in [6.45, 7) is 4.93. The van der Waals surface area contributed by atoms with Crippen molar-refractivity contribution in [2.75, 3.05) is 25.1 Å². The highest BCUT2D eigenvalue weighted by Crippen LogP contribution is 2.33. The number of fused-ring (bicyclic) bond motifs is 1. The van der Waals surface area contributed by atoms with Crippen molar-refractivity contribution in [3.8, 4) is 0 Å². The molecule has 2 aliphatic heterocycles. The molecule has 5 nitrogen and oxygen atoms in total. The third-order valence-electron chi connectivity index (χ3n) is 4.81. The van der Waals surface area contributed by atoms with Crippen molar-refractivity contribution in [1.82, 2.24) is 4.90 Å². The molecule has 1 aromatic rings. The zero-order valence-electron chi connectivity index (χ0n) is 13.5. The van der Waals surface area contributed by atoms with Crippen molar-refractivity contribution in [2.24, 2.45) is 0 Å². The van der Waals surface area contributed by atoms with Gasteiger partial charge in [0.1, 0.15) is 0 Å². The fourth-order valence-electron chi connectivity index (χ4n) is 3.76. The molecule has 0 saturated carbocycles. The van der Waals surface area contributed by atoms with Gasteiger partial charge >= 0.3 is 0 Å². The second kappa shape index (κ2) is 6.77. The lowest BCUT2D eigenvalue weighted by atomic mass is 10.1. The van der Waals surface area contributed by atoms with E-state index in [-0.39, 0.29) is 37.2 Å². The van der Waals surface area contributed by atoms with Gasteiger partial charge in [-0.2, -0.15) is 0 Å². The second-order valence-corrected chi connectivity index (χ2v) is 6.90. The summed E-state index contributed by atoms with van der Waals surface area (Å²) in [5, 5.41) is 13.0. The van der Waals surface area contributed by atoms with Crippen LogP contribution in [0.15, 0.2) is 12.1 Å². The summed E-state index contributed by atoms with van der Waals surface area (Å²) in [4.78, 5) is 14.5. The van der Waals surface area contributed by atoms with Crippen LogP contribution in [0.3, 0.4) is 0 Å². The Hall–Kier alpha value is -1.14. The number of carbonyl (C=O) groups excluding carboxylic acids is 1. The third-order valence-corrected chi connectivity index (χ3v) is 5.11. The summed E-state index contributed by atoms with van der Waals surface area (Å²) in [5.74, 6) is -0.107. The number of halogens is 1. The van der Waals surface area contributed by atoms with Crippen LogP contribution in [0.1, 0.15) is 24.0 Å². The number of aryl methyl sites for hydroxylation is 2. The van der Waals surface area contributed by atoms with Crippen molar-refractivity contribution in [3.05, 3.63) is 28.3 Å². The molecule has 6 heteroatoms. The fourth-order valence-corrected chi connectivity index (χ4v) is 4.13. The van der Waals surface area contributed by atoms with Crippen molar-refractivity contribution in [3.63, 3.8) is 0 Å². The first-order valence-corrected chi connectivity index (χ1v) is 8.42. The van der Waals surface area contributed by atoms with E-state index in [1.807, 2.05) is 26.0 Å². The molecule has 0 aromatic heterocycles. The average molecular weight is 339 g/mol. The predicted molar refractivity (Wildman–Crippen MR) is 89.9 cm³/mol. The van der Waals surface area contributed by atoms with Crippen LogP contribution >= 0.6 is 11.6 Å². The number of nitrogens with one attached hydrogen (secondary N) is 1. The lowest BCUT2D eigenvalue weighted by Crippen LogP contribution is -2.43. The molecule has 0 bridgehead atoms. The van der Waals surface area contributed by atoms with Gasteiger partial charge < -0.3 is 15.2 Å². The normalized spacial score (nSPS) is 27.2. The summed E-state index contributed by atoms with van der Waals surface area (Å²) in [6, 6.07) is 4.06. The number of aliphatic hydroxyl groups excluding tert-OH is 1. The fraction of sp³-hybridized carbons (Fsp3) is 0.588. The molecule has 0 spiro atoms. The maximum atomic E-state index is 12.5. The van der Waals surface area contributed by atoms with Gasteiger partial charge in [-0.15, -0.1) is 0 Å². The van der Waals surface area contributed by atoms with Crippen LogP contribution in [-0.2, 0) is 9.53 Å². The molecule has 3 rings (SSSR count). The summed E-state index contributed by atoms with van der Waals surface area (Å²) in [5.41, 5.74) is 2.68. The minimum absolute atomic E-state index is 0.00867. The van der Waals surface area contributed by atoms with Gasteiger partial charge in [-0.3, -0.25) is 9.69 Å². The molecule has 0 aliphatic carbocycles. The molecule has 2 aliphatic rings. The number of benzene rings is 1. The molecule has 2 fully saturated rings. The van der Waals surface area contributed by atoms with Gasteiger partial charge in [-0.25, -0.2) is 0 Å². The Bertz CT molecular complexity index is 584. The number of carbonyl (C=O) groups is 1. The van der Waals surface area contributed by atoms with Crippen molar-refractivity contribution >= 4 is 23.2 Å². The summed E-state index contributed by atoms with van der Waals surface area (Å²) < 4.78 is 5.68. The predicted octanol–water partition coefficient (Wildman–Crippen LogP) is 2.12. The quantitative estimate of drug-likeness (QED) is 0.882. The van der Waals surface area contributed by atoms with E-state index < -0.39 is 0 Å². The van der Waals surface area contributed by atoms with E-state index in [0.29, 0.717) is 10.7 Å². The Morgan fingerprint density at radius 1 is 1.48 bits per heavy atom. The largest absolute Gasteiger partial charge is 0.395 e. The summed E-state index contributed by atoms with van der Waals surface area (Å²) >= 11 is 6.25. The number of anilines is 1. The Balaban J connectivity index is 1.69. The number of hydrogen-bond acceptors (Lipinski definition) is 4. The highest BCUT2D eigenvalue weighted by Gasteiger charge is 2.44. The Morgan fingerprint density at radius 3 is 2.96 bits per heavy atom. The number of likely N-dealkylation sites (tertiary alicyclic amines) is 1. The number of rotatable bonds is 4. The highest BCUT2D eigenvalue weighted by molar-refractivity contribution is 6.34. The second-order valence-electron chi connectivity index (χ2n) is 6.50. The highest BCUT2D eigenvalue weighted by atomic mass is 35.5. The first kappa shape index (κ1) is 16.7. The van der Waals surface area contributed by atoms with Gasteiger partial charge in [0.15, 0.2) is 0 Å². The molecule has 2 N–H and O–H groups in total. The van der Waals surface area contributed by atoms with Gasteiger partial charge in [0, 0.05) is 18.7 Å². The molecule has 0 unspecified atom stereocenters. The van der Waals surface area contributed by atoms with E-state index in [1.54, 1.807) is 0 Å². The maximum absolute atomic E-state index is 12.5. The van der Waals surface area contributed by atoms with Gasteiger partial charge in [-0.1, -0.05) is 17.7 Å². The van der Waals surface area contributed by atoms with Gasteiger partial charge in [-0.05, 0) is 43.9 Å². The van der Waals surface area contributed by atoms with Gasteiger partial charge in [0.05, 0.1) is 30.0 Å². The van der Waals surface area contributed by atoms with Crippen LogP contribution < -0.4 is 5.32 Å². The minimum Gasteiger partial charge on any atom is -0.395 e. The summed E-state index contributed by atoms with van der Waals surface area (Å²) in [7, 11) is 0. The molecule has 2 saturated heterocycles. The van der Waals surface area contributed by atoms with Crippen molar-refractivity contribution < 1.29 is 14.6 Å². The number of amides is 1. The molecular weight excluding hydrogens is 316 g/mol. The first-order chi connectivity index (χ1) is 11.0. The first-order valence-electron chi connectivity index (χ1n) is 8.04. The lowest BCUT2D eigenvalue weighted by molar-refractivity contribution is -0.118. The molecular formula is C17H23ClN2O3. The van der Waals surface area contributed by atoms with E-state index in [0.717, 1.165) is 30.6 Å². The number of ether oxygens (including phenoxy) is 1. The average Bonchev–Trinajstić information content (AvgIpc) is 3.05. The Kier molecular flexibility index (Phi) is 4.92. The lowest BCUT2D eigenvalue weighted by Gasteiger charge is -2.27. The van der Waals surface area contributed by atoms with Crippen LogP contribution in [0.5, 0.6) is 0 Å². The molecule has 2 heterocycles. The number of nitrogens with zero attached hydrogens (tertiary/aromatic N) is 1. The maximum Gasteiger partial charge on any atom is 0.238 e. The van der Waals surface area contributed by atoms with Crippen molar-refractivity contribution in [1.29, 1.82) is 0 Å². The van der Waals surface area contributed by atoms with Crippen LogP contribution in [0.2, 0.25) is 5.02 Å².